The molecule has 2 aliphatic rings. The molecule has 2 N–H and O–H groups in total. The highest BCUT2D eigenvalue weighted by Crippen LogP contribution is 2.33. The van der Waals surface area contributed by atoms with Crippen LogP contribution in [-0.2, 0) is 20.8 Å². The van der Waals surface area contributed by atoms with Gasteiger partial charge in [0.15, 0.2) is 5.78 Å². The molecule has 0 bridgehead atoms. The molecule has 246 valence electrons. The Balaban J connectivity index is 1.49. The second-order valence-corrected chi connectivity index (χ2v) is 12.8. The van der Waals surface area contributed by atoms with Gasteiger partial charge >= 0.3 is 0 Å². The van der Waals surface area contributed by atoms with E-state index in [-0.39, 0.29) is 60.4 Å². The molecule has 45 heavy (non-hydrogen) atoms. The largest absolute Gasteiger partial charge is 0.344 e. The fourth-order valence-electron chi connectivity index (χ4n) is 6.43. The Kier molecular flexibility index (Phi) is 12.3. The quantitative estimate of drug-likeness (QED) is 0.263. The second kappa shape index (κ2) is 16.1. The Labute approximate surface area is 266 Å². The predicted molar refractivity (Wildman–Crippen MR) is 171 cm³/mol. The van der Waals surface area contributed by atoms with Crippen molar-refractivity contribution in [2.24, 2.45) is 11.8 Å². The van der Waals surface area contributed by atoms with Gasteiger partial charge in [0.05, 0.1) is 5.69 Å². The molecule has 1 aliphatic heterocycles. The van der Waals surface area contributed by atoms with E-state index in [2.05, 4.69) is 20.6 Å². The molecule has 4 rings (SSSR count). The zero-order valence-corrected chi connectivity index (χ0v) is 27.2. The van der Waals surface area contributed by atoms with Gasteiger partial charge in [-0.2, -0.15) is 5.10 Å². The number of carbonyl (C=O) groups excluding carboxylic acids is 4. The molecule has 0 unspecified atom stereocenters. The Morgan fingerprint density at radius 2 is 1.69 bits per heavy atom. The van der Waals surface area contributed by atoms with Crippen LogP contribution in [0.15, 0.2) is 30.5 Å². The number of carbonyl (C=O) groups is 4. The molecular formula is C34H49FN6O4. The van der Waals surface area contributed by atoms with Crippen LogP contribution < -0.4 is 10.6 Å². The highest BCUT2D eigenvalue weighted by Gasteiger charge is 2.33. The maximum atomic E-state index is 15.5. The molecule has 10 nitrogen and oxygen atoms in total. The third-order valence-electron chi connectivity index (χ3n) is 9.16. The smallest absolute Gasteiger partial charge is 0.245 e. The molecule has 2 fully saturated rings. The molecule has 1 saturated heterocycles. The lowest BCUT2D eigenvalue weighted by molar-refractivity contribution is -0.137. The number of Topliss-reactive ketones (excluding diaryl/α,β-unsaturated/α-hetero) is 1. The molecule has 0 radical (unpaired) electrons. The van der Waals surface area contributed by atoms with Crippen molar-refractivity contribution in [3.63, 3.8) is 0 Å². The Hall–Kier alpha value is -3.60. The van der Waals surface area contributed by atoms with Crippen molar-refractivity contribution < 1.29 is 23.6 Å². The van der Waals surface area contributed by atoms with Crippen LogP contribution in [0.1, 0.15) is 94.2 Å². The molecule has 0 spiro atoms. The molecule has 2 atom stereocenters. The van der Waals surface area contributed by atoms with Crippen LogP contribution in [0.4, 0.5) is 10.1 Å². The van der Waals surface area contributed by atoms with Crippen LogP contribution in [0, 0.1) is 17.7 Å². The predicted octanol–water partition coefficient (Wildman–Crippen LogP) is 4.61. The average Bonchev–Trinajstić information content (AvgIpc) is 3.37. The lowest BCUT2D eigenvalue weighted by Crippen LogP contribution is -2.54. The number of benzene rings is 1. The van der Waals surface area contributed by atoms with Crippen molar-refractivity contribution in [2.75, 3.05) is 38.5 Å². The normalized spacial score (nSPS) is 17.9. The van der Waals surface area contributed by atoms with Crippen LogP contribution >= 0.6 is 0 Å². The number of aromatic nitrogens is 2. The minimum Gasteiger partial charge on any atom is -0.344 e. The number of hydrogen-bond acceptors (Lipinski definition) is 6. The number of rotatable bonds is 12. The highest BCUT2D eigenvalue weighted by molar-refractivity contribution is 6.00. The summed E-state index contributed by atoms with van der Waals surface area (Å²) in [6.45, 7) is 8.26. The minimum absolute atomic E-state index is 0.00320. The van der Waals surface area contributed by atoms with Crippen molar-refractivity contribution >= 4 is 29.2 Å². The molecule has 1 saturated carbocycles. The summed E-state index contributed by atoms with van der Waals surface area (Å²) in [7, 11) is 2.00. The fraction of sp³-hybridized carbons (Fsp3) is 0.618. The van der Waals surface area contributed by atoms with Crippen molar-refractivity contribution in [1.29, 1.82) is 0 Å². The zero-order valence-electron chi connectivity index (χ0n) is 27.2. The van der Waals surface area contributed by atoms with Crippen LogP contribution in [0.3, 0.4) is 0 Å². The van der Waals surface area contributed by atoms with E-state index in [1.165, 1.54) is 12.1 Å². The van der Waals surface area contributed by atoms with Gasteiger partial charge < -0.3 is 20.4 Å². The lowest BCUT2D eigenvalue weighted by Gasteiger charge is -2.34. The number of likely N-dealkylation sites (N-methyl/N-ethyl adjacent to an activating group) is 1. The number of anilines is 1. The number of piperazine rings is 1. The van der Waals surface area contributed by atoms with Crippen molar-refractivity contribution in [3.05, 3.63) is 47.5 Å². The molecule has 1 aromatic heterocycles. The highest BCUT2D eigenvalue weighted by atomic mass is 19.1. The summed E-state index contributed by atoms with van der Waals surface area (Å²) in [5.41, 5.74) is 1.04. The maximum Gasteiger partial charge on any atom is 0.245 e. The summed E-state index contributed by atoms with van der Waals surface area (Å²) in [6, 6.07) is 5.36. The summed E-state index contributed by atoms with van der Waals surface area (Å²) in [5, 5.41) is 9.87. The van der Waals surface area contributed by atoms with Crippen molar-refractivity contribution in [3.8, 4) is 0 Å². The lowest BCUT2D eigenvalue weighted by atomic mass is 9.81. The van der Waals surface area contributed by atoms with Crippen molar-refractivity contribution in [1.82, 2.24) is 24.9 Å². The summed E-state index contributed by atoms with van der Waals surface area (Å²) in [5.74, 6) is -2.14. The van der Waals surface area contributed by atoms with Crippen LogP contribution in [0.2, 0.25) is 0 Å². The zero-order chi connectivity index (χ0) is 32.5. The van der Waals surface area contributed by atoms with E-state index in [0.717, 1.165) is 51.6 Å². The van der Waals surface area contributed by atoms with Crippen LogP contribution in [0.5, 0.6) is 0 Å². The third kappa shape index (κ3) is 9.22. The number of hydrogen-bond donors (Lipinski definition) is 2. The number of ketones is 1. The number of nitrogens with zero attached hydrogens (tertiary/aromatic N) is 4. The Morgan fingerprint density at radius 1 is 1.00 bits per heavy atom. The molecular weight excluding hydrogens is 575 g/mol. The van der Waals surface area contributed by atoms with Gasteiger partial charge in [-0.3, -0.25) is 23.9 Å². The van der Waals surface area contributed by atoms with E-state index in [9.17, 15) is 19.2 Å². The van der Waals surface area contributed by atoms with E-state index in [0.29, 0.717) is 24.3 Å². The average molecular weight is 625 g/mol. The second-order valence-electron chi connectivity index (χ2n) is 12.8. The Morgan fingerprint density at radius 3 is 2.31 bits per heavy atom. The topological polar surface area (TPSA) is 117 Å². The van der Waals surface area contributed by atoms with Crippen LogP contribution in [0.25, 0.3) is 0 Å². The SMILES string of the molecule is CCC(=O)N[C@H](Cc1ccc(NC(=O)[C@@H](CC(=O)c2ccnn2C(C)C)C2CCCCCC2)c(F)c1)C(=O)N1CCN(C)CC1. The first-order valence-corrected chi connectivity index (χ1v) is 16.5. The van der Waals surface area contributed by atoms with Gasteiger partial charge in [-0.1, -0.05) is 38.7 Å². The Bertz CT molecular complexity index is 1330. The fourth-order valence-corrected chi connectivity index (χ4v) is 6.43. The van der Waals surface area contributed by atoms with Gasteiger partial charge in [0.25, 0.3) is 0 Å². The van der Waals surface area contributed by atoms with Gasteiger partial charge in [0.1, 0.15) is 17.6 Å². The van der Waals surface area contributed by atoms with E-state index >= 15 is 4.39 Å². The van der Waals surface area contributed by atoms with E-state index < -0.39 is 17.8 Å². The summed E-state index contributed by atoms with van der Waals surface area (Å²) in [4.78, 5) is 56.7. The van der Waals surface area contributed by atoms with E-state index in [1.54, 1.807) is 34.8 Å². The molecule has 2 aromatic rings. The first-order valence-electron chi connectivity index (χ1n) is 16.5. The van der Waals surface area contributed by atoms with Gasteiger partial charge in [0.2, 0.25) is 17.7 Å². The first-order chi connectivity index (χ1) is 21.6. The molecule has 3 amide bonds. The summed E-state index contributed by atoms with van der Waals surface area (Å²) in [6.07, 6.45) is 7.89. The summed E-state index contributed by atoms with van der Waals surface area (Å²) >= 11 is 0. The van der Waals surface area contributed by atoms with Gasteiger partial charge in [-0.15, -0.1) is 0 Å². The van der Waals surface area contributed by atoms with Crippen molar-refractivity contribution in [2.45, 2.75) is 90.6 Å². The molecule has 11 heteroatoms. The third-order valence-corrected chi connectivity index (χ3v) is 9.16. The van der Waals surface area contributed by atoms with Gasteiger partial charge in [0, 0.05) is 63.6 Å². The van der Waals surface area contributed by atoms with Crippen LogP contribution in [-0.4, -0.2) is 82.4 Å². The number of nitrogens with one attached hydrogen (secondary N) is 2. The van der Waals surface area contributed by atoms with Gasteiger partial charge in [-0.25, -0.2) is 4.39 Å². The minimum atomic E-state index is -0.814. The molecule has 1 aliphatic carbocycles. The number of halogens is 1. The summed E-state index contributed by atoms with van der Waals surface area (Å²) < 4.78 is 17.2. The van der Waals surface area contributed by atoms with E-state index in [1.807, 2.05) is 20.9 Å². The monoisotopic (exact) mass is 624 g/mol. The maximum absolute atomic E-state index is 15.5. The first kappa shape index (κ1) is 34.3. The molecule has 1 aromatic carbocycles. The van der Waals surface area contributed by atoms with E-state index in [4.69, 9.17) is 0 Å². The standard InChI is InChI=1S/C34H49FN6O4/c1-5-32(43)37-29(34(45)40-18-16-39(4)17-19-40)21-24-12-13-28(27(35)20-24)38-33(44)26(25-10-8-6-7-9-11-25)22-31(42)30-14-15-36-41(30)23(2)3/h12-15,20,23,25-26,29H,5-11,16-19,21-22H2,1-4H3,(H,37,43)(H,38,44)/t26-,29+/m0/s1. The number of amides is 3. The van der Waals surface area contributed by atoms with Gasteiger partial charge in [-0.05, 0) is 63.4 Å². The molecule has 2 heterocycles.